The van der Waals surface area contributed by atoms with Crippen molar-refractivity contribution >= 4 is 28.9 Å². The molecular weight excluding hydrogens is 314 g/mol. The van der Waals surface area contributed by atoms with Crippen LogP contribution in [0.15, 0.2) is 54.6 Å². The summed E-state index contributed by atoms with van der Waals surface area (Å²) >= 11 is 11.1. The molecule has 0 amide bonds. The lowest BCUT2D eigenvalue weighted by Gasteiger charge is -2.04. The van der Waals surface area contributed by atoms with Crippen LogP contribution in [-0.4, -0.2) is 14.9 Å². The fourth-order valence-corrected chi connectivity index (χ4v) is 2.51. The van der Waals surface area contributed by atoms with E-state index in [0.29, 0.717) is 5.02 Å². The second-order valence-electron chi connectivity index (χ2n) is 5.04. The number of nitrogens with two attached hydrogens (primary N) is 1. The molecule has 2 N–H and O–H groups in total. The summed E-state index contributed by atoms with van der Waals surface area (Å²) in [5.41, 5.74) is 10.7. The van der Waals surface area contributed by atoms with E-state index >= 15 is 0 Å². The highest BCUT2D eigenvalue weighted by Crippen LogP contribution is 2.27. The van der Waals surface area contributed by atoms with Crippen molar-refractivity contribution in [3.05, 3.63) is 65.2 Å². The maximum atomic E-state index is 5.94. The minimum atomic E-state index is 0.211. The molecule has 0 aliphatic rings. The van der Waals surface area contributed by atoms with Crippen LogP contribution in [0.2, 0.25) is 5.02 Å². The van der Waals surface area contributed by atoms with Gasteiger partial charge >= 0.3 is 0 Å². The van der Waals surface area contributed by atoms with Crippen LogP contribution in [0.3, 0.4) is 0 Å². The Hall–Kier alpha value is -2.17. The van der Waals surface area contributed by atoms with Crippen molar-refractivity contribution < 1.29 is 0 Å². The lowest BCUT2D eigenvalue weighted by Crippen LogP contribution is -2.21. The lowest BCUT2D eigenvalue weighted by atomic mass is 10.1. The van der Waals surface area contributed by atoms with Crippen LogP contribution in [0, 0.1) is 6.92 Å². The number of aromatic nitrogens is 2. The normalized spacial score (nSPS) is 10.6. The number of rotatable bonds is 2. The number of aryl methyl sites for hydroxylation is 1. The van der Waals surface area contributed by atoms with Gasteiger partial charge in [0, 0.05) is 16.1 Å². The number of benzene rings is 2. The van der Waals surface area contributed by atoms with E-state index in [9.17, 15) is 0 Å². The van der Waals surface area contributed by atoms with Gasteiger partial charge in [0.15, 0.2) is 5.11 Å². The van der Waals surface area contributed by atoms with Crippen LogP contribution < -0.4 is 5.73 Å². The summed E-state index contributed by atoms with van der Waals surface area (Å²) in [4.78, 5) is 0. The third-order valence-electron chi connectivity index (χ3n) is 3.41. The first-order valence-electron chi connectivity index (χ1n) is 6.77. The van der Waals surface area contributed by atoms with Crippen LogP contribution >= 0.6 is 23.8 Å². The number of hydrogen-bond acceptors (Lipinski definition) is 2. The van der Waals surface area contributed by atoms with E-state index in [1.165, 1.54) is 5.56 Å². The van der Waals surface area contributed by atoms with Gasteiger partial charge in [-0.15, -0.1) is 0 Å². The summed E-state index contributed by atoms with van der Waals surface area (Å²) in [5.74, 6) is 0. The zero-order chi connectivity index (χ0) is 15.7. The smallest absolute Gasteiger partial charge is 0.191 e. The first-order chi connectivity index (χ1) is 10.5. The van der Waals surface area contributed by atoms with Crippen molar-refractivity contribution in [3.63, 3.8) is 0 Å². The largest absolute Gasteiger partial charge is 0.374 e. The van der Waals surface area contributed by atoms with E-state index in [0.717, 1.165) is 22.5 Å². The molecule has 0 atom stereocenters. The number of nitrogens with zero attached hydrogens (tertiary/aromatic N) is 2. The average molecular weight is 328 g/mol. The van der Waals surface area contributed by atoms with Crippen LogP contribution in [0.5, 0.6) is 0 Å². The van der Waals surface area contributed by atoms with Gasteiger partial charge in [-0.1, -0.05) is 53.6 Å². The molecule has 0 spiro atoms. The molecule has 110 valence electrons. The molecule has 0 saturated carbocycles. The van der Waals surface area contributed by atoms with Crippen LogP contribution in [0.1, 0.15) is 5.56 Å². The third-order valence-corrected chi connectivity index (χ3v) is 3.83. The summed E-state index contributed by atoms with van der Waals surface area (Å²) in [6.07, 6.45) is 0. The van der Waals surface area contributed by atoms with Crippen molar-refractivity contribution in [1.82, 2.24) is 9.78 Å². The molecule has 0 bridgehead atoms. The summed E-state index contributed by atoms with van der Waals surface area (Å²) in [6, 6.07) is 17.7. The predicted octanol–water partition coefficient (Wildman–Crippen LogP) is 4.27. The van der Waals surface area contributed by atoms with Crippen molar-refractivity contribution in [2.75, 3.05) is 0 Å². The zero-order valence-electron chi connectivity index (χ0n) is 12.0. The summed E-state index contributed by atoms with van der Waals surface area (Å²) in [5, 5.41) is 5.42. The van der Waals surface area contributed by atoms with Gasteiger partial charge in [0.1, 0.15) is 0 Å². The molecule has 3 aromatic rings. The number of hydrogen-bond donors (Lipinski definition) is 1. The van der Waals surface area contributed by atoms with Gasteiger partial charge < -0.3 is 5.73 Å². The maximum absolute atomic E-state index is 5.94. The van der Waals surface area contributed by atoms with E-state index < -0.39 is 0 Å². The van der Waals surface area contributed by atoms with Gasteiger partial charge in [-0.05, 0) is 37.3 Å². The van der Waals surface area contributed by atoms with E-state index in [1.807, 2.05) is 42.5 Å². The summed E-state index contributed by atoms with van der Waals surface area (Å²) in [7, 11) is 0. The van der Waals surface area contributed by atoms with Gasteiger partial charge in [0.25, 0.3) is 0 Å². The minimum absolute atomic E-state index is 0.211. The van der Waals surface area contributed by atoms with Crippen molar-refractivity contribution in [2.45, 2.75) is 6.92 Å². The second-order valence-corrected chi connectivity index (χ2v) is 5.89. The Morgan fingerprint density at radius 2 is 1.64 bits per heavy atom. The van der Waals surface area contributed by atoms with E-state index in [2.05, 4.69) is 24.2 Å². The highest BCUT2D eigenvalue weighted by atomic mass is 35.5. The Morgan fingerprint density at radius 1 is 1.05 bits per heavy atom. The van der Waals surface area contributed by atoms with Crippen LogP contribution in [0.25, 0.3) is 22.5 Å². The Kier molecular flexibility index (Phi) is 3.96. The molecule has 0 aliphatic heterocycles. The second kappa shape index (κ2) is 5.91. The molecular formula is C17H14ClN3S. The molecule has 0 saturated heterocycles. The first kappa shape index (κ1) is 14.8. The van der Waals surface area contributed by atoms with Crippen LogP contribution in [-0.2, 0) is 0 Å². The monoisotopic (exact) mass is 327 g/mol. The average Bonchev–Trinajstić information content (AvgIpc) is 2.94. The molecule has 0 radical (unpaired) electrons. The van der Waals surface area contributed by atoms with Crippen molar-refractivity contribution in [3.8, 4) is 22.5 Å². The minimum Gasteiger partial charge on any atom is -0.374 e. The highest BCUT2D eigenvalue weighted by molar-refractivity contribution is 7.80. The Bertz CT molecular complexity index is 820. The highest BCUT2D eigenvalue weighted by Gasteiger charge is 2.13. The standard InChI is InChI=1S/C17H14ClN3S/c1-11-2-4-12(5-3-11)15-10-16(21(20-15)17(19)22)13-6-8-14(18)9-7-13/h2-10H,1H3,(H2,19,22). The van der Waals surface area contributed by atoms with Crippen LogP contribution in [0.4, 0.5) is 0 Å². The molecule has 1 aromatic heterocycles. The van der Waals surface area contributed by atoms with E-state index in [1.54, 1.807) is 4.68 Å². The van der Waals surface area contributed by atoms with E-state index in [4.69, 9.17) is 29.6 Å². The molecule has 2 aromatic carbocycles. The molecule has 0 fully saturated rings. The molecule has 5 heteroatoms. The molecule has 3 nitrogen and oxygen atoms in total. The first-order valence-corrected chi connectivity index (χ1v) is 7.56. The predicted molar refractivity (Wildman–Crippen MR) is 95.0 cm³/mol. The number of halogens is 1. The lowest BCUT2D eigenvalue weighted by molar-refractivity contribution is 0.951. The van der Waals surface area contributed by atoms with Crippen molar-refractivity contribution in [1.29, 1.82) is 0 Å². The molecule has 0 aliphatic carbocycles. The van der Waals surface area contributed by atoms with Gasteiger partial charge in [-0.25, -0.2) is 4.68 Å². The fourth-order valence-electron chi connectivity index (χ4n) is 2.24. The molecule has 3 rings (SSSR count). The third kappa shape index (κ3) is 2.89. The maximum Gasteiger partial charge on any atom is 0.191 e. The van der Waals surface area contributed by atoms with Gasteiger partial charge in [-0.2, -0.15) is 5.10 Å². The fraction of sp³-hybridized carbons (Fsp3) is 0.0588. The molecule has 1 heterocycles. The molecule has 22 heavy (non-hydrogen) atoms. The SMILES string of the molecule is Cc1ccc(-c2cc(-c3ccc(Cl)cc3)n(C(N)=S)n2)cc1. The topological polar surface area (TPSA) is 43.8 Å². The Balaban J connectivity index is 2.11. The summed E-state index contributed by atoms with van der Waals surface area (Å²) in [6.45, 7) is 2.05. The van der Waals surface area contributed by atoms with E-state index in [-0.39, 0.29) is 5.11 Å². The van der Waals surface area contributed by atoms with Crippen molar-refractivity contribution in [2.24, 2.45) is 5.73 Å². The quantitative estimate of drug-likeness (QED) is 0.715. The summed E-state index contributed by atoms with van der Waals surface area (Å²) < 4.78 is 1.58. The Morgan fingerprint density at radius 3 is 2.23 bits per heavy atom. The number of thiocarbonyl (C=S) groups is 1. The van der Waals surface area contributed by atoms with Gasteiger partial charge in [0.05, 0.1) is 11.4 Å². The van der Waals surface area contributed by atoms with Gasteiger partial charge in [0.2, 0.25) is 0 Å². The molecule has 0 unspecified atom stereocenters. The van der Waals surface area contributed by atoms with Gasteiger partial charge in [-0.3, -0.25) is 0 Å². The Labute approximate surface area is 139 Å². The zero-order valence-corrected chi connectivity index (χ0v) is 13.5.